The summed E-state index contributed by atoms with van der Waals surface area (Å²) in [4.78, 5) is 38.9. The Labute approximate surface area is 130 Å². The SMILES string of the molecule is CC[C@@H](C(=O)O)N1CC2(CCCN2C(=O)OC(C)(C)C)C1=O. The molecule has 2 amide bonds. The predicted molar refractivity (Wildman–Crippen MR) is 78.3 cm³/mol. The number of nitrogens with zero attached hydrogens (tertiary/aromatic N) is 2. The van der Waals surface area contributed by atoms with E-state index in [0.717, 1.165) is 6.42 Å². The zero-order chi connectivity index (χ0) is 16.7. The molecule has 0 bridgehead atoms. The van der Waals surface area contributed by atoms with E-state index >= 15 is 0 Å². The molecule has 1 unspecified atom stereocenters. The molecule has 7 nitrogen and oxygen atoms in total. The first-order valence-corrected chi connectivity index (χ1v) is 7.67. The lowest BCUT2D eigenvalue weighted by molar-refractivity contribution is -0.172. The Bertz CT molecular complexity index is 499. The van der Waals surface area contributed by atoms with Gasteiger partial charge in [-0.2, -0.15) is 0 Å². The van der Waals surface area contributed by atoms with Crippen molar-refractivity contribution in [2.45, 2.75) is 64.1 Å². The van der Waals surface area contributed by atoms with Crippen molar-refractivity contribution in [1.82, 2.24) is 9.80 Å². The lowest BCUT2D eigenvalue weighted by Gasteiger charge is -2.52. The second kappa shape index (κ2) is 5.44. The number of hydrogen-bond donors (Lipinski definition) is 1. The second-order valence-corrected chi connectivity index (χ2v) is 6.96. The van der Waals surface area contributed by atoms with E-state index in [0.29, 0.717) is 19.4 Å². The van der Waals surface area contributed by atoms with E-state index in [1.807, 2.05) is 0 Å². The number of β-lactam (4-membered cyclic amide) rings is 1. The summed E-state index contributed by atoms with van der Waals surface area (Å²) in [7, 11) is 0. The lowest BCUT2D eigenvalue weighted by atomic mass is 9.84. The summed E-state index contributed by atoms with van der Waals surface area (Å²) in [5, 5.41) is 9.19. The van der Waals surface area contributed by atoms with Crippen LogP contribution in [0.25, 0.3) is 0 Å². The Balaban J connectivity index is 2.13. The summed E-state index contributed by atoms with van der Waals surface area (Å²) in [5.41, 5.74) is -1.52. The van der Waals surface area contributed by atoms with Crippen molar-refractivity contribution in [2.75, 3.05) is 13.1 Å². The molecule has 2 heterocycles. The zero-order valence-corrected chi connectivity index (χ0v) is 13.6. The Hall–Kier alpha value is -1.79. The predicted octanol–water partition coefficient (Wildman–Crippen LogP) is 1.46. The van der Waals surface area contributed by atoms with Gasteiger partial charge in [-0.15, -0.1) is 0 Å². The Morgan fingerprint density at radius 3 is 2.50 bits per heavy atom. The minimum atomic E-state index is -1.01. The van der Waals surface area contributed by atoms with Crippen molar-refractivity contribution in [3.8, 4) is 0 Å². The highest BCUT2D eigenvalue weighted by atomic mass is 16.6. The van der Waals surface area contributed by atoms with Crippen LogP contribution < -0.4 is 0 Å². The molecule has 2 rings (SSSR count). The number of carbonyl (C=O) groups is 3. The third-order valence-corrected chi connectivity index (χ3v) is 4.24. The molecule has 7 heteroatoms. The van der Waals surface area contributed by atoms with Gasteiger partial charge in [-0.25, -0.2) is 9.59 Å². The Kier molecular flexibility index (Phi) is 4.10. The van der Waals surface area contributed by atoms with Gasteiger partial charge in [0, 0.05) is 6.54 Å². The number of amides is 2. The summed E-state index contributed by atoms with van der Waals surface area (Å²) >= 11 is 0. The molecular formula is C15H24N2O5. The van der Waals surface area contributed by atoms with Crippen LogP contribution in [0.1, 0.15) is 47.0 Å². The maximum Gasteiger partial charge on any atom is 0.411 e. The quantitative estimate of drug-likeness (QED) is 0.797. The van der Waals surface area contributed by atoms with E-state index in [9.17, 15) is 19.5 Å². The molecule has 2 atom stereocenters. The topological polar surface area (TPSA) is 87.2 Å². The van der Waals surface area contributed by atoms with Crippen LogP contribution in [0.5, 0.6) is 0 Å². The third kappa shape index (κ3) is 2.64. The van der Waals surface area contributed by atoms with Crippen LogP contribution in [0.4, 0.5) is 4.79 Å². The molecule has 0 aromatic carbocycles. The molecule has 0 aromatic heterocycles. The van der Waals surface area contributed by atoms with Crippen molar-refractivity contribution in [1.29, 1.82) is 0 Å². The molecular weight excluding hydrogens is 288 g/mol. The molecule has 22 heavy (non-hydrogen) atoms. The van der Waals surface area contributed by atoms with Crippen molar-refractivity contribution in [3.05, 3.63) is 0 Å². The Morgan fingerprint density at radius 2 is 2.05 bits per heavy atom. The van der Waals surface area contributed by atoms with Gasteiger partial charge in [0.05, 0.1) is 6.54 Å². The molecule has 124 valence electrons. The maximum atomic E-state index is 12.6. The summed E-state index contributed by atoms with van der Waals surface area (Å²) < 4.78 is 5.37. The van der Waals surface area contributed by atoms with E-state index in [2.05, 4.69) is 0 Å². The van der Waals surface area contributed by atoms with Gasteiger partial charge in [-0.05, 0) is 40.0 Å². The first-order chi connectivity index (χ1) is 10.1. The summed E-state index contributed by atoms with van der Waals surface area (Å²) in [6.45, 7) is 7.81. The van der Waals surface area contributed by atoms with E-state index < -0.39 is 29.2 Å². The molecule has 2 saturated heterocycles. The van der Waals surface area contributed by atoms with Crippen LogP contribution >= 0.6 is 0 Å². The fourth-order valence-corrected chi connectivity index (χ4v) is 3.23. The van der Waals surface area contributed by atoms with Crippen LogP contribution in [-0.4, -0.2) is 63.1 Å². The molecule has 0 radical (unpaired) electrons. The van der Waals surface area contributed by atoms with Gasteiger partial charge in [-0.3, -0.25) is 9.69 Å². The number of carboxylic acid groups (broad SMARTS) is 1. The van der Waals surface area contributed by atoms with E-state index in [1.165, 1.54) is 9.80 Å². The van der Waals surface area contributed by atoms with Crippen LogP contribution in [-0.2, 0) is 14.3 Å². The number of carboxylic acids is 1. The number of likely N-dealkylation sites (tertiary alicyclic amines) is 2. The van der Waals surface area contributed by atoms with Crippen molar-refractivity contribution in [2.24, 2.45) is 0 Å². The van der Waals surface area contributed by atoms with Gasteiger partial charge in [-0.1, -0.05) is 6.92 Å². The van der Waals surface area contributed by atoms with Gasteiger partial charge in [0.2, 0.25) is 0 Å². The highest BCUT2D eigenvalue weighted by Crippen LogP contribution is 2.41. The first kappa shape index (κ1) is 16.6. The van der Waals surface area contributed by atoms with Crippen molar-refractivity contribution in [3.63, 3.8) is 0 Å². The molecule has 1 spiro atoms. The average Bonchev–Trinajstić information content (AvgIpc) is 2.83. The summed E-state index contributed by atoms with van der Waals surface area (Å²) in [5.74, 6) is -1.28. The van der Waals surface area contributed by atoms with Crippen molar-refractivity contribution >= 4 is 18.0 Å². The highest BCUT2D eigenvalue weighted by molar-refractivity contribution is 5.98. The highest BCUT2D eigenvalue weighted by Gasteiger charge is 2.62. The molecule has 0 aliphatic carbocycles. The Morgan fingerprint density at radius 1 is 1.41 bits per heavy atom. The van der Waals surface area contributed by atoms with E-state index in [4.69, 9.17) is 4.74 Å². The van der Waals surface area contributed by atoms with Crippen LogP contribution in [0.2, 0.25) is 0 Å². The zero-order valence-electron chi connectivity index (χ0n) is 13.6. The van der Waals surface area contributed by atoms with Crippen molar-refractivity contribution < 1.29 is 24.2 Å². The van der Waals surface area contributed by atoms with Gasteiger partial charge in [0.1, 0.15) is 17.2 Å². The lowest BCUT2D eigenvalue weighted by Crippen LogP contribution is -2.75. The first-order valence-electron chi connectivity index (χ1n) is 7.67. The fourth-order valence-electron chi connectivity index (χ4n) is 3.23. The molecule has 1 N–H and O–H groups in total. The number of rotatable bonds is 3. The molecule has 2 aliphatic rings. The largest absolute Gasteiger partial charge is 0.480 e. The van der Waals surface area contributed by atoms with E-state index in [1.54, 1.807) is 27.7 Å². The molecule has 0 saturated carbocycles. The number of aliphatic carboxylic acids is 1. The average molecular weight is 312 g/mol. The van der Waals surface area contributed by atoms with Crippen LogP contribution in [0.15, 0.2) is 0 Å². The smallest absolute Gasteiger partial charge is 0.411 e. The molecule has 2 fully saturated rings. The molecule has 2 aliphatic heterocycles. The van der Waals surface area contributed by atoms with Gasteiger partial charge in [0.15, 0.2) is 0 Å². The number of ether oxygens (including phenoxy) is 1. The maximum absolute atomic E-state index is 12.6. The van der Waals surface area contributed by atoms with Gasteiger partial charge in [0.25, 0.3) is 5.91 Å². The minimum Gasteiger partial charge on any atom is -0.480 e. The van der Waals surface area contributed by atoms with Gasteiger partial charge >= 0.3 is 12.1 Å². The van der Waals surface area contributed by atoms with Gasteiger partial charge < -0.3 is 14.7 Å². The fraction of sp³-hybridized carbons (Fsp3) is 0.800. The van der Waals surface area contributed by atoms with Crippen LogP contribution in [0.3, 0.4) is 0 Å². The third-order valence-electron chi connectivity index (χ3n) is 4.24. The van der Waals surface area contributed by atoms with E-state index in [-0.39, 0.29) is 12.5 Å². The minimum absolute atomic E-state index is 0.273. The van der Waals surface area contributed by atoms with Crippen LogP contribution in [0, 0.1) is 0 Å². The number of hydrogen-bond acceptors (Lipinski definition) is 4. The molecule has 0 aromatic rings. The summed E-state index contributed by atoms with van der Waals surface area (Å²) in [6, 6.07) is -0.820. The number of carbonyl (C=O) groups excluding carboxylic acids is 2. The summed E-state index contributed by atoms with van der Waals surface area (Å²) in [6.07, 6.45) is 1.14. The monoisotopic (exact) mass is 312 g/mol. The second-order valence-electron chi connectivity index (χ2n) is 6.96. The normalized spacial score (nSPS) is 26.1. The standard InChI is InChI=1S/C15H24N2O5/c1-5-10(11(18)19)16-9-15(12(16)20)7-6-8-17(15)13(21)22-14(2,3)4/h10H,5-9H2,1-4H3,(H,18,19)/t10-,15?/m0/s1.